The van der Waals surface area contributed by atoms with Gasteiger partial charge in [-0.15, -0.1) is 0 Å². The first kappa shape index (κ1) is 27.8. The van der Waals surface area contributed by atoms with Crippen LogP contribution in [0, 0.1) is 29.3 Å². The van der Waals surface area contributed by atoms with E-state index in [4.69, 9.17) is 11.6 Å². The highest BCUT2D eigenvalue weighted by atomic mass is 35.5. The fraction of sp³-hybridized carbons (Fsp3) is 0.480. The minimum Gasteiger partial charge on any atom is -0.388 e. The van der Waals surface area contributed by atoms with Crippen LogP contribution in [0.3, 0.4) is 0 Å². The van der Waals surface area contributed by atoms with E-state index in [1.807, 2.05) is 0 Å². The number of fused-ring (bicyclic) bond motifs is 2. The first-order chi connectivity index (χ1) is 17.1. The zero-order valence-electron chi connectivity index (χ0n) is 20.0. The van der Waals surface area contributed by atoms with Crippen LogP contribution in [0.25, 0.3) is 0 Å². The third kappa shape index (κ3) is 4.87. The van der Waals surface area contributed by atoms with E-state index in [0.717, 1.165) is 6.07 Å². The zero-order chi connectivity index (χ0) is 27.5. The highest BCUT2D eigenvalue weighted by Crippen LogP contribution is 2.54. The third-order valence-electron chi connectivity index (χ3n) is 7.55. The summed E-state index contributed by atoms with van der Waals surface area (Å²) in [6, 6.07) is 4.67. The minimum absolute atomic E-state index is 0.0172. The molecule has 4 rings (SSSR count). The number of aliphatic hydroxyl groups excluding tert-OH is 1. The largest absolute Gasteiger partial charge is 0.388 e. The van der Waals surface area contributed by atoms with E-state index in [1.54, 1.807) is 0 Å². The van der Waals surface area contributed by atoms with E-state index in [2.05, 4.69) is 5.32 Å². The molecule has 3 atom stereocenters. The fourth-order valence-electron chi connectivity index (χ4n) is 5.68. The summed E-state index contributed by atoms with van der Waals surface area (Å²) < 4.78 is 67.4. The maximum atomic E-state index is 13.6. The quantitative estimate of drug-likeness (QED) is 0.397. The number of carbonyl (C=O) groups excluding carboxylic acids is 1. The Hall–Kier alpha value is -2.18. The number of nitrogens with one attached hydrogen (secondary N) is 1. The van der Waals surface area contributed by atoms with Crippen LogP contribution in [0.1, 0.15) is 49.9 Å². The number of amides is 1. The average Bonchev–Trinajstić information content (AvgIpc) is 2.97. The van der Waals surface area contributed by atoms with Crippen molar-refractivity contribution in [2.45, 2.75) is 67.0 Å². The first-order valence-electron chi connectivity index (χ1n) is 11.7. The number of hydrogen-bond acceptors (Lipinski definition) is 6. The van der Waals surface area contributed by atoms with E-state index in [9.17, 15) is 41.7 Å². The zero-order valence-corrected chi connectivity index (χ0v) is 21.6. The van der Waals surface area contributed by atoms with Crippen molar-refractivity contribution in [3.05, 3.63) is 58.4 Å². The molecule has 12 heteroatoms. The highest BCUT2D eigenvalue weighted by molar-refractivity contribution is 7.92. The maximum absolute atomic E-state index is 13.6. The summed E-state index contributed by atoms with van der Waals surface area (Å²) in [5, 5.41) is 33.4. The van der Waals surface area contributed by atoms with E-state index >= 15 is 0 Å². The van der Waals surface area contributed by atoms with Crippen LogP contribution in [0.4, 0.5) is 18.9 Å². The molecular weight excluding hydrogens is 535 g/mol. The number of hydrogen-bond donors (Lipinski definition) is 4. The molecule has 0 aliphatic heterocycles. The molecule has 2 aliphatic rings. The molecular formula is C25H27ClF3NO6S. The third-order valence-corrected chi connectivity index (χ3v) is 10.2. The molecule has 2 aliphatic carbocycles. The molecule has 0 heterocycles. The van der Waals surface area contributed by atoms with Gasteiger partial charge in [0.2, 0.25) is 0 Å². The van der Waals surface area contributed by atoms with Gasteiger partial charge in [0.25, 0.3) is 5.91 Å². The Balaban J connectivity index is 1.60. The predicted molar refractivity (Wildman–Crippen MR) is 129 cm³/mol. The monoisotopic (exact) mass is 561 g/mol. The molecule has 2 fully saturated rings. The van der Waals surface area contributed by atoms with E-state index in [1.165, 1.54) is 26.0 Å². The van der Waals surface area contributed by atoms with Crippen LogP contribution in [-0.2, 0) is 9.84 Å². The second-order valence-corrected chi connectivity index (χ2v) is 13.0. The number of halogens is 4. The number of carbonyl (C=O) groups is 1. The van der Waals surface area contributed by atoms with Gasteiger partial charge in [0.1, 0.15) is 6.10 Å². The maximum Gasteiger partial charge on any atom is 0.255 e. The van der Waals surface area contributed by atoms with Crippen LogP contribution in [0.5, 0.6) is 0 Å². The SMILES string of the molecule is CC(C)(O)C(O)[C@]1(O)C2CCC1C[C@H](S(=O)(=O)c1cc(C(=O)Nc3cc(F)c(F)c(F)c3)ccc1Cl)C2. The Morgan fingerprint density at radius 3 is 2.16 bits per heavy atom. The normalized spacial score (nSPS) is 26.7. The molecule has 37 heavy (non-hydrogen) atoms. The van der Waals surface area contributed by atoms with Gasteiger partial charge < -0.3 is 20.6 Å². The molecule has 2 bridgehead atoms. The Morgan fingerprint density at radius 2 is 1.65 bits per heavy atom. The van der Waals surface area contributed by atoms with Gasteiger partial charge >= 0.3 is 0 Å². The summed E-state index contributed by atoms with van der Waals surface area (Å²) >= 11 is 6.20. The molecule has 0 aromatic heterocycles. The lowest BCUT2D eigenvalue weighted by molar-refractivity contribution is -0.200. The van der Waals surface area contributed by atoms with Gasteiger partial charge in [-0.2, -0.15) is 0 Å². The Kier molecular flexibility index (Phi) is 7.17. The van der Waals surface area contributed by atoms with Gasteiger partial charge in [0.05, 0.1) is 26.4 Å². The number of rotatable bonds is 6. The van der Waals surface area contributed by atoms with Crippen molar-refractivity contribution in [3.63, 3.8) is 0 Å². The molecule has 2 aromatic carbocycles. The minimum atomic E-state index is -4.11. The van der Waals surface area contributed by atoms with Crippen LogP contribution < -0.4 is 5.32 Å². The molecule has 2 aromatic rings. The molecule has 3 unspecified atom stereocenters. The topological polar surface area (TPSA) is 124 Å². The molecule has 4 N–H and O–H groups in total. The standard InChI is InChI=1S/C25H27ClF3NO6S/c1-24(2,33)23(32)25(34)13-4-5-14(25)9-16(8-13)37(35,36)20-7-12(3-6-17(20)26)22(31)30-15-10-18(27)21(29)19(28)11-15/h3,6-7,10-11,13-14,16,23,32-34H,4-5,8-9H2,1-2H3,(H,30,31)/t13?,14?,16-,23?,25+. The van der Waals surface area contributed by atoms with Crippen molar-refractivity contribution >= 4 is 33.0 Å². The highest BCUT2D eigenvalue weighted by Gasteiger charge is 2.61. The lowest BCUT2D eigenvalue weighted by atomic mass is 9.68. The fourth-order valence-corrected chi connectivity index (χ4v) is 8.08. The van der Waals surface area contributed by atoms with E-state index < -0.39 is 67.6 Å². The Labute approximate surface area is 217 Å². The Bertz CT molecular complexity index is 1310. The molecule has 0 saturated heterocycles. The van der Waals surface area contributed by atoms with Crippen LogP contribution in [0.15, 0.2) is 35.2 Å². The summed E-state index contributed by atoms with van der Waals surface area (Å²) in [7, 11) is -4.11. The van der Waals surface area contributed by atoms with Crippen molar-refractivity contribution in [3.8, 4) is 0 Å². The molecule has 0 radical (unpaired) electrons. The molecule has 2 saturated carbocycles. The van der Waals surface area contributed by atoms with Crippen LogP contribution in [-0.4, -0.2) is 52.2 Å². The summed E-state index contributed by atoms with van der Waals surface area (Å²) in [6.07, 6.45) is -0.493. The van der Waals surface area contributed by atoms with Crippen molar-refractivity contribution in [2.75, 3.05) is 5.32 Å². The number of aliphatic hydroxyl groups is 3. The van der Waals surface area contributed by atoms with Gasteiger partial charge in [0.15, 0.2) is 27.3 Å². The summed E-state index contributed by atoms with van der Waals surface area (Å²) in [6.45, 7) is 2.76. The number of sulfone groups is 1. The van der Waals surface area contributed by atoms with Gasteiger partial charge in [0, 0.05) is 23.4 Å². The van der Waals surface area contributed by atoms with Gasteiger partial charge in [-0.25, -0.2) is 21.6 Å². The average molecular weight is 562 g/mol. The van der Waals surface area contributed by atoms with Crippen LogP contribution in [0.2, 0.25) is 5.02 Å². The summed E-state index contributed by atoms with van der Waals surface area (Å²) in [5.74, 6) is -6.76. The van der Waals surface area contributed by atoms with Crippen molar-refractivity contribution < 1.29 is 41.7 Å². The van der Waals surface area contributed by atoms with Crippen molar-refractivity contribution in [1.82, 2.24) is 0 Å². The van der Waals surface area contributed by atoms with Gasteiger partial charge in [-0.05, 0) is 69.6 Å². The Morgan fingerprint density at radius 1 is 1.11 bits per heavy atom. The molecule has 7 nitrogen and oxygen atoms in total. The molecule has 1 amide bonds. The van der Waals surface area contributed by atoms with Crippen molar-refractivity contribution in [1.29, 1.82) is 0 Å². The second kappa shape index (κ2) is 9.53. The lowest BCUT2D eigenvalue weighted by Crippen LogP contribution is -2.62. The predicted octanol–water partition coefficient (Wildman–Crippen LogP) is 3.83. The second-order valence-electron chi connectivity index (χ2n) is 10.4. The van der Waals surface area contributed by atoms with E-state index in [0.29, 0.717) is 25.0 Å². The molecule has 202 valence electrons. The summed E-state index contributed by atoms with van der Waals surface area (Å²) in [4.78, 5) is 12.4. The number of benzene rings is 2. The van der Waals surface area contributed by atoms with E-state index in [-0.39, 0.29) is 34.0 Å². The number of anilines is 1. The van der Waals surface area contributed by atoms with Crippen LogP contribution >= 0.6 is 11.6 Å². The van der Waals surface area contributed by atoms with Gasteiger partial charge in [-0.1, -0.05) is 11.6 Å². The smallest absolute Gasteiger partial charge is 0.255 e. The summed E-state index contributed by atoms with van der Waals surface area (Å²) in [5.41, 5.74) is -3.77. The lowest BCUT2D eigenvalue weighted by Gasteiger charge is -2.48. The molecule has 0 spiro atoms. The van der Waals surface area contributed by atoms with Gasteiger partial charge in [-0.3, -0.25) is 4.79 Å². The first-order valence-corrected chi connectivity index (χ1v) is 13.6. The van der Waals surface area contributed by atoms with Crippen molar-refractivity contribution in [2.24, 2.45) is 11.8 Å².